The van der Waals surface area contributed by atoms with E-state index in [-0.39, 0.29) is 24.3 Å². The van der Waals surface area contributed by atoms with Crippen molar-refractivity contribution in [3.8, 4) is 18.2 Å². The zero-order chi connectivity index (χ0) is 26.7. The van der Waals surface area contributed by atoms with E-state index in [1.54, 1.807) is 32.9 Å². The van der Waals surface area contributed by atoms with Crippen molar-refractivity contribution in [2.45, 2.75) is 51.4 Å². The van der Waals surface area contributed by atoms with Gasteiger partial charge in [-0.3, -0.25) is 14.5 Å². The number of ether oxygens (including phenoxy) is 1. The van der Waals surface area contributed by atoms with E-state index in [2.05, 4.69) is 16.7 Å². The first-order chi connectivity index (χ1) is 17.1. The summed E-state index contributed by atoms with van der Waals surface area (Å²) in [4.78, 5) is 40.4. The molecule has 2 aromatic rings. The number of benzene rings is 2. The van der Waals surface area contributed by atoms with Gasteiger partial charge in [-0.05, 0) is 50.8 Å². The average molecular weight is 512 g/mol. The highest BCUT2D eigenvalue weighted by molar-refractivity contribution is 7.98. The SMILES string of the molecule is C#CN(C(=O)C(CCSC)NC(=O)OC(C)(C)C)C(C(=O)NCc1ccccc1)c1ccccc1O. The van der Waals surface area contributed by atoms with E-state index in [4.69, 9.17) is 11.2 Å². The highest BCUT2D eigenvalue weighted by atomic mass is 32.2. The van der Waals surface area contributed by atoms with Gasteiger partial charge in [0.25, 0.3) is 5.91 Å². The first-order valence-corrected chi connectivity index (χ1v) is 12.8. The van der Waals surface area contributed by atoms with Gasteiger partial charge in [-0.25, -0.2) is 4.79 Å². The van der Waals surface area contributed by atoms with Gasteiger partial charge in [0.1, 0.15) is 17.4 Å². The third-order valence-corrected chi connectivity index (χ3v) is 5.67. The molecule has 9 heteroatoms. The third-order valence-electron chi connectivity index (χ3n) is 5.02. The van der Waals surface area contributed by atoms with Gasteiger partial charge in [0.2, 0.25) is 5.91 Å². The van der Waals surface area contributed by atoms with Gasteiger partial charge in [-0.15, -0.1) is 0 Å². The smallest absolute Gasteiger partial charge is 0.408 e. The van der Waals surface area contributed by atoms with E-state index in [9.17, 15) is 19.5 Å². The molecule has 0 aliphatic heterocycles. The second kappa shape index (κ2) is 13.4. The first kappa shape index (κ1) is 28.6. The lowest BCUT2D eigenvalue weighted by Gasteiger charge is -2.30. The van der Waals surface area contributed by atoms with Gasteiger partial charge in [-0.1, -0.05) is 55.0 Å². The molecule has 0 spiro atoms. The van der Waals surface area contributed by atoms with Gasteiger partial charge in [0.15, 0.2) is 6.04 Å². The number of phenols is 1. The highest BCUT2D eigenvalue weighted by Crippen LogP contribution is 2.29. The lowest BCUT2D eigenvalue weighted by Crippen LogP contribution is -2.51. The van der Waals surface area contributed by atoms with Crippen LogP contribution in [0.15, 0.2) is 54.6 Å². The number of thioether (sulfide) groups is 1. The van der Waals surface area contributed by atoms with Crippen molar-refractivity contribution in [1.29, 1.82) is 0 Å². The molecule has 0 heterocycles. The number of carbonyl (C=O) groups excluding carboxylic acids is 3. The van der Waals surface area contributed by atoms with E-state index in [1.165, 1.54) is 23.9 Å². The molecule has 0 radical (unpaired) electrons. The van der Waals surface area contributed by atoms with Crippen LogP contribution in [0.2, 0.25) is 0 Å². The van der Waals surface area contributed by atoms with Crippen molar-refractivity contribution in [3.63, 3.8) is 0 Å². The lowest BCUT2D eigenvalue weighted by molar-refractivity contribution is -0.138. The number of amides is 3. The minimum Gasteiger partial charge on any atom is -0.508 e. The predicted octanol–water partition coefficient (Wildman–Crippen LogP) is 3.82. The van der Waals surface area contributed by atoms with Gasteiger partial charge >= 0.3 is 6.09 Å². The summed E-state index contributed by atoms with van der Waals surface area (Å²) in [6, 6.07) is 15.4. The van der Waals surface area contributed by atoms with E-state index in [1.807, 2.05) is 36.6 Å². The standard InChI is InChI=1S/C27H33N3O5S/c1-6-30(25(33)21(16-17-36-5)29-26(34)35-27(2,3)4)23(20-14-10-11-15-22(20)31)24(32)28-18-19-12-8-7-9-13-19/h1,7-15,21,23,31H,16-18H2,2-5H3,(H,28,32)(H,29,34). The maximum Gasteiger partial charge on any atom is 0.408 e. The molecule has 8 nitrogen and oxygen atoms in total. The Labute approximate surface area is 216 Å². The molecule has 0 bridgehead atoms. The van der Waals surface area contributed by atoms with Crippen molar-refractivity contribution in [2.75, 3.05) is 12.0 Å². The van der Waals surface area contributed by atoms with Crippen molar-refractivity contribution in [2.24, 2.45) is 0 Å². The van der Waals surface area contributed by atoms with E-state index >= 15 is 0 Å². The Morgan fingerprint density at radius 3 is 2.33 bits per heavy atom. The fourth-order valence-electron chi connectivity index (χ4n) is 3.37. The number of para-hydroxylation sites is 1. The number of hydrogen-bond acceptors (Lipinski definition) is 6. The van der Waals surface area contributed by atoms with Crippen molar-refractivity contribution in [3.05, 3.63) is 65.7 Å². The molecule has 3 amide bonds. The molecule has 0 aromatic heterocycles. The van der Waals surface area contributed by atoms with Crippen LogP contribution < -0.4 is 10.6 Å². The number of carbonyl (C=O) groups is 3. The topological polar surface area (TPSA) is 108 Å². The Kier molecular flexibility index (Phi) is 10.7. The number of alkyl carbamates (subject to hydrolysis) is 1. The van der Waals surface area contributed by atoms with Gasteiger partial charge in [0, 0.05) is 18.2 Å². The molecular weight excluding hydrogens is 478 g/mol. The number of hydrogen-bond donors (Lipinski definition) is 3. The second-order valence-corrected chi connectivity index (χ2v) is 9.97. The molecule has 2 atom stereocenters. The van der Waals surface area contributed by atoms with Crippen molar-refractivity contribution >= 4 is 29.7 Å². The molecule has 2 unspecified atom stereocenters. The molecule has 0 saturated carbocycles. The summed E-state index contributed by atoms with van der Waals surface area (Å²) < 4.78 is 5.31. The number of phenolic OH excluding ortho intramolecular Hbond substituents is 1. The Balaban J connectivity index is 2.38. The second-order valence-electron chi connectivity index (χ2n) is 8.98. The quantitative estimate of drug-likeness (QED) is 0.331. The maximum atomic E-state index is 13.6. The zero-order valence-electron chi connectivity index (χ0n) is 21.0. The van der Waals surface area contributed by atoms with Crippen molar-refractivity contribution < 1.29 is 24.2 Å². The third kappa shape index (κ3) is 8.54. The number of aromatic hydroxyl groups is 1. The first-order valence-electron chi connectivity index (χ1n) is 11.4. The minimum atomic E-state index is -1.33. The normalized spacial score (nSPS) is 12.5. The number of nitrogens with zero attached hydrogens (tertiary/aromatic N) is 1. The van der Waals surface area contributed by atoms with Crippen LogP contribution in [0.25, 0.3) is 0 Å². The molecule has 192 valence electrons. The number of terminal acetylenes is 1. The summed E-state index contributed by atoms with van der Waals surface area (Å²) in [6.45, 7) is 5.33. The van der Waals surface area contributed by atoms with Crippen LogP contribution in [0, 0.1) is 12.5 Å². The van der Waals surface area contributed by atoms with Crippen LogP contribution in [-0.2, 0) is 20.9 Å². The highest BCUT2D eigenvalue weighted by Gasteiger charge is 2.36. The monoisotopic (exact) mass is 511 g/mol. The zero-order valence-corrected chi connectivity index (χ0v) is 21.8. The number of rotatable bonds is 10. The van der Waals surface area contributed by atoms with Gasteiger partial charge in [0.05, 0.1) is 0 Å². The molecule has 2 rings (SSSR count). The van der Waals surface area contributed by atoms with Crippen LogP contribution in [0.3, 0.4) is 0 Å². The Hall–Kier alpha value is -3.64. The Morgan fingerprint density at radius 1 is 1.11 bits per heavy atom. The van der Waals surface area contributed by atoms with Crippen LogP contribution in [0.5, 0.6) is 5.75 Å². The van der Waals surface area contributed by atoms with Gasteiger partial charge in [-0.2, -0.15) is 11.8 Å². The van der Waals surface area contributed by atoms with Crippen LogP contribution >= 0.6 is 11.8 Å². The molecular formula is C27H33N3O5S. The van der Waals surface area contributed by atoms with Crippen LogP contribution in [0.4, 0.5) is 4.79 Å². The van der Waals surface area contributed by atoms with E-state index in [0.717, 1.165) is 10.5 Å². The maximum absolute atomic E-state index is 13.6. The fourth-order valence-corrected chi connectivity index (χ4v) is 3.85. The molecule has 3 N–H and O–H groups in total. The lowest BCUT2D eigenvalue weighted by atomic mass is 10.0. The molecule has 0 aliphatic rings. The molecule has 0 saturated heterocycles. The molecule has 2 aromatic carbocycles. The van der Waals surface area contributed by atoms with Crippen LogP contribution in [-0.4, -0.2) is 51.6 Å². The summed E-state index contributed by atoms with van der Waals surface area (Å²) >= 11 is 1.49. The summed E-state index contributed by atoms with van der Waals surface area (Å²) in [5, 5.41) is 15.9. The van der Waals surface area contributed by atoms with E-state index < -0.39 is 35.6 Å². The van der Waals surface area contributed by atoms with Crippen LogP contribution in [0.1, 0.15) is 44.4 Å². The minimum absolute atomic E-state index is 0.162. The Bertz CT molecular complexity index is 1080. The fraction of sp³-hybridized carbons (Fsp3) is 0.370. The predicted molar refractivity (Wildman–Crippen MR) is 141 cm³/mol. The Morgan fingerprint density at radius 2 is 1.75 bits per heavy atom. The summed E-state index contributed by atoms with van der Waals surface area (Å²) in [5.41, 5.74) is 0.249. The van der Waals surface area contributed by atoms with E-state index in [0.29, 0.717) is 5.75 Å². The number of nitrogens with one attached hydrogen (secondary N) is 2. The average Bonchev–Trinajstić information content (AvgIpc) is 2.83. The molecule has 36 heavy (non-hydrogen) atoms. The summed E-state index contributed by atoms with van der Waals surface area (Å²) in [6.07, 6.45) is 7.11. The summed E-state index contributed by atoms with van der Waals surface area (Å²) in [5.74, 6) is -0.884. The van der Waals surface area contributed by atoms with Gasteiger partial charge < -0.3 is 20.5 Å². The van der Waals surface area contributed by atoms with Crippen molar-refractivity contribution in [1.82, 2.24) is 15.5 Å². The molecule has 0 aliphatic carbocycles. The largest absolute Gasteiger partial charge is 0.508 e. The molecule has 0 fully saturated rings. The summed E-state index contributed by atoms with van der Waals surface area (Å²) in [7, 11) is 0.